The minimum Gasteiger partial charge on any atom is -0.507 e. The van der Waals surface area contributed by atoms with Crippen LogP contribution < -0.4 is 4.74 Å². The summed E-state index contributed by atoms with van der Waals surface area (Å²) in [6, 6.07) is 1.95. The summed E-state index contributed by atoms with van der Waals surface area (Å²) in [7, 11) is 0. The number of benzene rings is 1. The molecule has 0 radical (unpaired) electrons. The molecule has 0 aliphatic rings. The topological polar surface area (TPSA) is 29.5 Å². The monoisotopic (exact) mass is 236 g/mol. The Morgan fingerprint density at radius 3 is 2.24 bits per heavy atom. The molecular formula is C15H24O2. The van der Waals surface area contributed by atoms with Gasteiger partial charge in [-0.1, -0.05) is 27.7 Å². The van der Waals surface area contributed by atoms with Crippen LogP contribution in [0.3, 0.4) is 0 Å². The van der Waals surface area contributed by atoms with E-state index >= 15 is 0 Å². The Balaban J connectivity index is 3.15. The van der Waals surface area contributed by atoms with Gasteiger partial charge in [0.15, 0.2) is 0 Å². The smallest absolute Gasteiger partial charge is 0.123 e. The molecular weight excluding hydrogens is 212 g/mol. The van der Waals surface area contributed by atoms with Crippen molar-refractivity contribution in [3.8, 4) is 11.5 Å². The van der Waals surface area contributed by atoms with Gasteiger partial charge in [0.1, 0.15) is 11.5 Å². The van der Waals surface area contributed by atoms with E-state index in [-0.39, 0.29) is 0 Å². The Bertz CT molecular complexity index is 381. The molecule has 0 spiro atoms. The highest BCUT2D eigenvalue weighted by atomic mass is 16.5. The molecule has 0 atom stereocenters. The van der Waals surface area contributed by atoms with Crippen molar-refractivity contribution in [3.05, 3.63) is 22.8 Å². The summed E-state index contributed by atoms with van der Waals surface area (Å²) in [5, 5.41) is 10.1. The van der Waals surface area contributed by atoms with E-state index in [2.05, 4.69) is 27.7 Å². The van der Waals surface area contributed by atoms with E-state index in [1.165, 1.54) is 0 Å². The van der Waals surface area contributed by atoms with Crippen molar-refractivity contribution in [3.63, 3.8) is 0 Å². The van der Waals surface area contributed by atoms with Gasteiger partial charge in [0.05, 0.1) is 6.61 Å². The van der Waals surface area contributed by atoms with Crippen molar-refractivity contribution in [2.45, 2.75) is 47.5 Å². The fourth-order valence-electron chi connectivity index (χ4n) is 2.04. The first-order valence-electron chi connectivity index (χ1n) is 6.48. The quantitative estimate of drug-likeness (QED) is 0.841. The lowest BCUT2D eigenvalue weighted by Crippen LogP contribution is -2.08. The van der Waals surface area contributed by atoms with Crippen molar-refractivity contribution in [2.24, 2.45) is 5.92 Å². The largest absolute Gasteiger partial charge is 0.507 e. The lowest BCUT2D eigenvalue weighted by atomic mass is 9.97. The molecule has 0 bridgehead atoms. The zero-order chi connectivity index (χ0) is 13.0. The molecule has 1 rings (SSSR count). The number of phenols is 1. The standard InChI is InChI=1S/C15H24O2/c1-6-12-13(7-2)15(16)11(5)8-14(12)17-9-10(3)4/h8,10,16H,6-7,9H2,1-5H3. The summed E-state index contributed by atoms with van der Waals surface area (Å²) in [5.74, 6) is 1.88. The lowest BCUT2D eigenvalue weighted by molar-refractivity contribution is 0.267. The number of aryl methyl sites for hydroxylation is 1. The molecule has 1 aromatic carbocycles. The van der Waals surface area contributed by atoms with Crippen LogP contribution in [0, 0.1) is 12.8 Å². The summed E-state index contributed by atoms with van der Waals surface area (Å²) in [6.07, 6.45) is 1.74. The molecule has 0 aromatic heterocycles. The van der Waals surface area contributed by atoms with Crippen LogP contribution >= 0.6 is 0 Å². The third-order valence-electron chi connectivity index (χ3n) is 2.95. The van der Waals surface area contributed by atoms with Crippen molar-refractivity contribution in [2.75, 3.05) is 6.61 Å². The van der Waals surface area contributed by atoms with Crippen molar-refractivity contribution in [1.29, 1.82) is 0 Å². The van der Waals surface area contributed by atoms with Gasteiger partial charge in [-0.3, -0.25) is 0 Å². The fraction of sp³-hybridized carbons (Fsp3) is 0.600. The van der Waals surface area contributed by atoms with Gasteiger partial charge in [-0.25, -0.2) is 0 Å². The average Bonchev–Trinajstić information content (AvgIpc) is 2.29. The minimum absolute atomic E-state index is 0.432. The first-order chi connectivity index (χ1) is 8.01. The minimum atomic E-state index is 0.432. The molecule has 0 unspecified atom stereocenters. The van der Waals surface area contributed by atoms with Crippen LogP contribution in [0.25, 0.3) is 0 Å². The van der Waals surface area contributed by atoms with Gasteiger partial charge >= 0.3 is 0 Å². The van der Waals surface area contributed by atoms with Gasteiger partial charge in [-0.05, 0) is 37.3 Å². The molecule has 0 heterocycles. The Labute approximate surface area is 105 Å². The maximum atomic E-state index is 10.1. The predicted molar refractivity (Wildman–Crippen MR) is 71.9 cm³/mol. The van der Waals surface area contributed by atoms with Crippen molar-refractivity contribution < 1.29 is 9.84 Å². The van der Waals surface area contributed by atoms with E-state index in [0.717, 1.165) is 41.9 Å². The summed E-state index contributed by atoms with van der Waals surface area (Å²) in [5.41, 5.74) is 3.08. The second-order valence-corrected chi connectivity index (χ2v) is 4.91. The van der Waals surface area contributed by atoms with Crippen molar-refractivity contribution >= 4 is 0 Å². The number of aromatic hydroxyl groups is 1. The van der Waals surface area contributed by atoms with E-state index in [4.69, 9.17) is 4.74 Å². The number of phenolic OH excluding ortho intramolecular Hbond substituents is 1. The molecule has 17 heavy (non-hydrogen) atoms. The van der Waals surface area contributed by atoms with E-state index in [1.807, 2.05) is 13.0 Å². The summed E-state index contributed by atoms with van der Waals surface area (Å²) in [6.45, 7) is 11.1. The van der Waals surface area contributed by atoms with Crippen LogP contribution in [0.4, 0.5) is 0 Å². The van der Waals surface area contributed by atoms with Crippen molar-refractivity contribution in [1.82, 2.24) is 0 Å². The molecule has 0 saturated carbocycles. The average molecular weight is 236 g/mol. The second kappa shape index (κ2) is 5.95. The van der Waals surface area contributed by atoms with Crippen LogP contribution in [0.15, 0.2) is 6.07 Å². The van der Waals surface area contributed by atoms with Crippen LogP contribution in [-0.4, -0.2) is 11.7 Å². The molecule has 1 N–H and O–H groups in total. The maximum Gasteiger partial charge on any atom is 0.123 e. The summed E-state index contributed by atoms with van der Waals surface area (Å²) in [4.78, 5) is 0. The van der Waals surface area contributed by atoms with Crippen LogP contribution in [-0.2, 0) is 12.8 Å². The molecule has 0 amide bonds. The first kappa shape index (κ1) is 13.9. The molecule has 2 nitrogen and oxygen atoms in total. The summed E-state index contributed by atoms with van der Waals surface area (Å²) >= 11 is 0. The Morgan fingerprint density at radius 2 is 1.76 bits per heavy atom. The Hall–Kier alpha value is -1.18. The number of hydrogen-bond acceptors (Lipinski definition) is 2. The number of hydrogen-bond donors (Lipinski definition) is 1. The van der Waals surface area contributed by atoms with Crippen LogP contribution in [0.2, 0.25) is 0 Å². The normalized spacial score (nSPS) is 10.9. The molecule has 0 aliphatic carbocycles. The maximum absolute atomic E-state index is 10.1. The van der Waals surface area contributed by atoms with E-state index < -0.39 is 0 Å². The molecule has 96 valence electrons. The van der Waals surface area contributed by atoms with Gasteiger partial charge in [-0.2, -0.15) is 0 Å². The van der Waals surface area contributed by atoms with Gasteiger partial charge < -0.3 is 9.84 Å². The van der Waals surface area contributed by atoms with E-state index in [9.17, 15) is 5.11 Å². The Morgan fingerprint density at radius 1 is 1.18 bits per heavy atom. The zero-order valence-corrected chi connectivity index (χ0v) is 11.6. The second-order valence-electron chi connectivity index (χ2n) is 4.91. The SMILES string of the molecule is CCc1c(OCC(C)C)cc(C)c(O)c1CC. The molecule has 0 aliphatic heterocycles. The number of rotatable bonds is 5. The van der Waals surface area contributed by atoms with Crippen LogP contribution in [0.5, 0.6) is 11.5 Å². The summed E-state index contributed by atoms with van der Waals surface area (Å²) < 4.78 is 5.86. The molecule has 0 saturated heterocycles. The van der Waals surface area contributed by atoms with Gasteiger partial charge in [0.25, 0.3) is 0 Å². The number of ether oxygens (including phenoxy) is 1. The van der Waals surface area contributed by atoms with Gasteiger partial charge in [0, 0.05) is 11.1 Å². The molecule has 0 fully saturated rings. The van der Waals surface area contributed by atoms with Crippen LogP contribution in [0.1, 0.15) is 44.4 Å². The predicted octanol–water partition coefficient (Wildman–Crippen LogP) is 3.86. The fourth-order valence-corrected chi connectivity index (χ4v) is 2.04. The van der Waals surface area contributed by atoms with Gasteiger partial charge in [0.2, 0.25) is 0 Å². The van der Waals surface area contributed by atoms with Gasteiger partial charge in [-0.15, -0.1) is 0 Å². The first-order valence-corrected chi connectivity index (χ1v) is 6.48. The molecule has 1 aromatic rings. The zero-order valence-electron chi connectivity index (χ0n) is 11.6. The third kappa shape index (κ3) is 3.15. The Kier molecular flexibility index (Phi) is 4.86. The highest BCUT2D eigenvalue weighted by molar-refractivity contribution is 5.52. The van der Waals surface area contributed by atoms with E-state index in [1.54, 1.807) is 0 Å². The van der Waals surface area contributed by atoms with E-state index in [0.29, 0.717) is 11.7 Å². The molecule has 2 heteroatoms. The highest BCUT2D eigenvalue weighted by Gasteiger charge is 2.14. The highest BCUT2D eigenvalue weighted by Crippen LogP contribution is 2.34. The lowest BCUT2D eigenvalue weighted by Gasteiger charge is -2.18. The third-order valence-corrected chi connectivity index (χ3v) is 2.95.